The number of hydrogen-bond donors (Lipinski definition) is 6. The maximum absolute atomic E-state index is 13.8. The van der Waals surface area contributed by atoms with E-state index in [2.05, 4.69) is 76.8 Å². The van der Waals surface area contributed by atoms with Gasteiger partial charge < -0.3 is 33.8 Å². The van der Waals surface area contributed by atoms with Crippen molar-refractivity contribution in [2.24, 2.45) is 21.3 Å². The molecule has 3 aliphatic rings. The van der Waals surface area contributed by atoms with E-state index in [1.54, 1.807) is 99.3 Å². The number of fused-ring (bicyclic) bond motifs is 6. The largest absolute Gasteiger partial charge is 0.481 e. The molecule has 6 N–H and O–H groups in total. The lowest BCUT2D eigenvalue weighted by Gasteiger charge is -2.39. The van der Waals surface area contributed by atoms with Gasteiger partial charge in [-0.05, 0) is 183 Å². The second-order valence-corrected chi connectivity index (χ2v) is 29.4. The molecule has 2 atom stereocenters. The lowest BCUT2D eigenvalue weighted by atomic mass is 9.84. The summed E-state index contributed by atoms with van der Waals surface area (Å²) in [5, 5.41) is 55.6. The maximum atomic E-state index is 13.8. The van der Waals surface area contributed by atoms with Crippen molar-refractivity contribution in [2.75, 3.05) is 24.7 Å². The number of carbonyl (C=O) groups is 3. The molecule has 0 saturated carbocycles. The van der Waals surface area contributed by atoms with Crippen LogP contribution in [0, 0.1) is 28.8 Å². The second-order valence-electron chi connectivity index (χ2n) is 27.4. The predicted molar refractivity (Wildman–Crippen MR) is 386 cm³/mol. The molecule has 2 fully saturated rings. The number of ether oxygens (including phenoxy) is 1. The topological polar surface area (TPSA) is 281 Å². The minimum atomic E-state index is -3.19. The van der Waals surface area contributed by atoms with Gasteiger partial charge in [0.25, 0.3) is 0 Å². The van der Waals surface area contributed by atoms with Gasteiger partial charge in [-0.25, -0.2) is 31.2 Å². The van der Waals surface area contributed by atoms with Crippen molar-refractivity contribution in [3.8, 4) is 39.3 Å². The van der Waals surface area contributed by atoms with Crippen LogP contribution in [0.5, 0.6) is 0 Å². The van der Waals surface area contributed by atoms with Crippen molar-refractivity contribution in [3.05, 3.63) is 228 Å². The van der Waals surface area contributed by atoms with E-state index in [-0.39, 0.29) is 46.0 Å². The highest BCUT2D eigenvalue weighted by atomic mass is 32.2. The highest BCUT2D eigenvalue weighted by molar-refractivity contribution is 7.93. The summed E-state index contributed by atoms with van der Waals surface area (Å²) in [4.78, 5) is 43.8. The predicted octanol–water partition coefficient (Wildman–Crippen LogP) is 15.4. The molecule has 3 aliphatic heterocycles. The van der Waals surface area contributed by atoms with E-state index in [0.717, 1.165) is 141 Å². The Morgan fingerprint density at radius 2 is 1.03 bits per heavy atom. The number of aliphatic carboxylic acids is 1. The van der Waals surface area contributed by atoms with E-state index in [1.807, 2.05) is 41.8 Å². The number of aromatic amines is 3. The molecule has 20 nitrogen and oxygen atoms in total. The lowest BCUT2D eigenvalue weighted by Crippen LogP contribution is -2.51. The number of nitrogens with zero attached hydrogens (tertiary/aromatic N) is 8. The first-order valence-corrected chi connectivity index (χ1v) is 34.9. The molecule has 14 aromatic rings. The van der Waals surface area contributed by atoms with Gasteiger partial charge in [-0.15, -0.1) is 0 Å². The fourth-order valence-electron chi connectivity index (χ4n) is 14.6. The highest BCUT2D eigenvalue weighted by Gasteiger charge is 2.50. The molecule has 0 spiro atoms. The number of hydrogen-bond acceptors (Lipinski definition) is 11. The van der Waals surface area contributed by atoms with E-state index < -0.39 is 44.7 Å². The first-order valence-electron chi connectivity index (χ1n) is 33.0. The van der Waals surface area contributed by atoms with Crippen molar-refractivity contribution >= 4 is 105 Å². The first kappa shape index (κ1) is 66.1. The quantitative estimate of drug-likeness (QED) is 0.0593. The number of sulfone groups is 1. The third kappa shape index (κ3) is 11.8. The van der Waals surface area contributed by atoms with Crippen LogP contribution in [0.15, 0.2) is 186 Å². The van der Waals surface area contributed by atoms with Crippen molar-refractivity contribution in [3.63, 3.8) is 0 Å². The van der Waals surface area contributed by atoms with E-state index in [1.165, 1.54) is 48.5 Å². The Labute approximate surface area is 580 Å². The van der Waals surface area contributed by atoms with Crippen molar-refractivity contribution in [1.82, 2.24) is 44.3 Å². The molecule has 102 heavy (non-hydrogen) atoms. The minimum absolute atomic E-state index is 0.0167. The number of rotatable bonds is 14. The van der Waals surface area contributed by atoms with Crippen LogP contribution in [0.2, 0.25) is 0 Å². The second kappa shape index (κ2) is 25.4. The van der Waals surface area contributed by atoms with Crippen molar-refractivity contribution < 1.29 is 56.0 Å². The molecule has 0 aliphatic carbocycles. The highest BCUT2D eigenvalue weighted by Crippen LogP contribution is 2.49. The fourth-order valence-corrected chi connectivity index (χ4v) is 16.8. The zero-order chi connectivity index (χ0) is 71.3. The molecule has 17 rings (SSSR count). The molecular formula is C78H66F3N11O9S. The van der Waals surface area contributed by atoms with Gasteiger partial charge in [0.05, 0.1) is 80.0 Å². The molecule has 2 saturated heterocycles. The van der Waals surface area contributed by atoms with Crippen LogP contribution in [0.25, 0.3) is 105 Å². The molecule has 0 bridgehead atoms. The normalized spacial score (nSPS) is 16.2. The van der Waals surface area contributed by atoms with Crippen LogP contribution in [-0.2, 0) is 31.2 Å². The number of carboxylic acids is 3. The summed E-state index contributed by atoms with van der Waals surface area (Å²) >= 11 is 0. The van der Waals surface area contributed by atoms with Gasteiger partial charge in [-0.2, -0.15) is 15.3 Å². The molecule has 2 unspecified atom stereocenters. The Balaban J connectivity index is 0.000000124. The number of aromatic carboxylic acids is 2. The zero-order valence-electron chi connectivity index (χ0n) is 55.7. The Morgan fingerprint density at radius 3 is 1.47 bits per heavy atom. The molecule has 6 aromatic heterocycles. The SMILES string of the molecule is CC(C)c1c(C2=NC(C(C)(C)C(=O)O)N=C2)c2cc3[nH]ncc3cc2n1-c1ccc(F)cc1.CC1(c2c(-c3ccc(C(=O)O)cc3)c3cc4[nH]ncc4cc3n2-c2ccc(F)cc2)CS(=O)(=O)C1.O=C(O)c1ccc(-c2c(CC3CCOC3)n(-c3ccc(F)cc3)c3cc4cn[nH]c4cc23)cc1. The van der Waals surface area contributed by atoms with Gasteiger partial charge in [0.2, 0.25) is 0 Å². The van der Waals surface area contributed by atoms with Crippen LogP contribution in [0.3, 0.4) is 0 Å². The van der Waals surface area contributed by atoms with Crippen molar-refractivity contribution in [2.45, 2.75) is 65.0 Å². The maximum Gasteiger partial charge on any atom is 0.335 e. The van der Waals surface area contributed by atoms with Crippen LogP contribution < -0.4 is 0 Å². The van der Waals surface area contributed by atoms with E-state index in [0.29, 0.717) is 23.9 Å². The summed E-state index contributed by atoms with van der Waals surface area (Å²) in [6.07, 6.45) is 8.00. The minimum Gasteiger partial charge on any atom is -0.481 e. The third-order valence-corrected chi connectivity index (χ3v) is 21.7. The van der Waals surface area contributed by atoms with Gasteiger partial charge in [-0.1, -0.05) is 45.0 Å². The Kier molecular flexibility index (Phi) is 16.5. The fraction of sp³-hybridized carbons (Fsp3) is 0.205. The Hall–Kier alpha value is -11.8. The number of carboxylic acid groups (broad SMARTS) is 3. The molecule has 514 valence electrons. The summed E-state index contributed by atoms with van der Waals surface area (Å²) in [5.74, 6) is -3.46. The molecular weight excluding hydrogens is 1320 g/mol. The monoisotopic (exact) mass is 1390 g/mol. The number of halogens is 3. The molecule has 0 amide bonds. The van der Waals surface area contributed by atoms with E-state index in [4.69, 9.17) is 9.73 Å². The van der Waals surface area contributed by atoms with Crippen molar-refractivity contribution in [1.29, 1.82) is 0 Å². The van der Waals surface area contributed by atoms with Crippen LogP contribution >= 0.6 is 0 Å². The zero-order valence-corrected chi connectivity index (χ0v) is 56.5. The van der Waals surface area contributed by atoms with Gasteiger partial charge in [0.1, 0.15) is 22.9 Å². The summed E-state index contributed by atoms with van der Waals surface area (Å²) in [5.41, 5.74) is 14.3. The first-order chi connectivity index (χ1) is 48.9. The van der Waals surface area contributed by atoms with Crippen LogP contribution in [-0.4, -0.2) is 129 Å². The third-order valence-electron chi connectivity index (χ3n) is 19.6. The number of nitrogens with one attached hydrogen (secondary N) is 3. The number of aromatic nitrogens is 9. The lowest BCUT2D eigenvalue weighted by molar-refractivity contribution is -0.147. The standard InChI is InChI=1S/C27H22FN3O3.C26H20FN3O4S.C25H24FN5O2/c28-20-5-7-21(8-6-20)31-24-12-19-14-29-30-23(19)13-22(24)26(25(31)11-16-9-10-34-15-16)17-1-3-18(4-2-17)27(32)33;1-26(13-35(33,34)14-26)24-23(15-2-4-16(5-3-15)25(31)32)20-11-21-17(12-28-29-21)10-22(20)30(24)19-8-6-18(27)7-9-19;1-13(2)22-21(19-12-27-23(29-19)25(3,4)24(32)33)17-10-18-14(11-28-30-18)9-20(17)31(22)16-7-5-15(26)6-8-16/h1-8,12-14,16H,9-11,15H2,(H,29,30)(H,32,33);2-12H,13-14H2,1H3,(H,28,29)(H,31,32);5-13,23H,1-4H3,(H,28,30)(H,32,33). The van der Waals surface area contributed by atoms with Gasteiger partial charge in [0.15, 0.2) is 16.0 Å². The van der Waals surface area contributed by atoms with Crippen LogP contribution in [0.4, 0.5) is 13.2 Å². The molecule has 24 heteroatoms. The smallest absolute Gasteiger partial charge is 0.335 e. The van der Waals surface area contributed by atoms with Crippen LogP contribution in [0.1, 0.15) is 90.3 Å². The van der Waals surface area contributed by atoms with E-state index >= 15 is 0 Å². The van der Waals surface area contributed by atoms with Gasteiger partial charge in [0, 0.05) is 108 Å². The molecule has 8 aromatic carbocycles. The Bertz CT molecular complexity index is 5850. The van der Waals surface area contributed by atoms with Gasteiger partial charge in [-0.3, -0.25) is 30.1 Å². The molecule has 0 radical (unpaired) electrons. The summed E-state index contributed by atoms with van der Waals surface area (Å²) < 4.78 is 78.0. The summed E-state index contributed by atoms with van der Waals surface area (Å²) in [7, 11) is -3.19. The average Bonchev–Trinajstić information content (AvgIpc) is 1.54. The summed E-state index contributed by atoms with van der Waals surface area (Å²) in [6.45, 7) is 10.8. The number of aliphatic imine (C=N–C) groups is 2. The Morgan fingerprint density at radius 1 is 0.598 bits per heavy atom. The van der Waals surface area contributed by atoms with E-state index in [9.17, 15) is 51.3 Å². The average molecular weight is 1390 g/mol. The van der Waals surface area contributed by atoms with Gasteiger partial charge >= 0.3 is 17.9 Å². The number of H-pyrrole nitrogens is 3. The number of benzene rings is 8. The summed E-state index contributed by atoms with van der Waals surface area (Å²) in [6, 6.07) is 44.8. The molecule has 9 heterocycles.